The van der Waals surface area contributed by atoms with Crippen molar-refractivity contribution >= 4 is 18.1 Å². The Morgan fingerprint density at radius 3 is 2.40 bits per heavy atom. The minimum Gasteiger partial charge on any atom is -0.483 e. The van der Waals surface area contributed by atoms with Crippen molar-refractivity contribution in [2.24, 2.45) is 5.10 Å². The highest BCUT2D eigenvalue weighted by Crippen LogP contribution is 2.18. The van der Waals surface area contributed by atoms with Gasteiger partial charge in [-0.25, -0.2) is 10.2 Å². The highest BCUT2D eigenvalue weighted by Gasteiger charge is 2.07. The van der Waals surface area contributed by atoms with Crippen molar-refractivity contribution in [3.8, 4) is 11.5 Å². The summed E-state index contributed by atoms with van der Waals surface area (Å²) < 4.78 is 10.8. The van der Waals surface area contributed by atoms with Gasteiger partial charge in [0.1, 0.15) is 11.5 Å². The average Bonchev–Trinajstić information content (AvgIpc) is 2.75. The molecule has 0 aliphatic heterocycles. The van der Waals surface area contributed by atoms with Gasteiger partial charge in [-0.3, -0.25) is 4.79 Å². The lowest BCUT2D eigenvalue weighted by Gasteiger charge is -2.08. The number of aryl methyl sites for hydroxylation is 2. The maximum Gasteiger partial charge on any atom is 0.343 e. The zero-order valence-electron chi connectivity index (χ0n) is 16.8. The molecule has 0 atom stereocenters. The molecule has 0 saturated heterocycles. The summed E-state index contributed by atoms with van der Waals surface area (Å²) >= 11 is 0. The molecule has 0 bridgehead atoms. The minimum absolute atomic E-state index is 0.129. The number of amides is 1. The summed E-state index contributed by atoms with van der Waals surface area (Å²) in [4.78, 5) is 23.9. The molecular weight excluding hydrogens is 380 g/mol. The number of carbonyl (C=O) groups is 2. The number of ether oxygens (including phenoxy) is 2. The second-order valence-corrected chi connectivity index (χ2v) is 6.68. The van der Waals surface area contributed by atoms with E-state index < -0.39 is 5.97 Å². The van der Waals surface area contributed by atoms with Crippen LogP contribution in [0.5, 0.6) is 11.5 Å². The zero-order chi connectivity index (χ0) is 21.3. The van der Waals surface area contributed by atoms with Crippen LogP contribution in [0, 0.1) is 13.8 Å². The third-order valence-corrected chi connectivity index (χ3v) is 4.19. The van der Waals surface area contributed by atoms with E-state index in [4.69, 9.17) is 9.47 Å². The molecule has 0 aliphatic carbocycles. The molecule has 0 saturated carbocycles. The highest BCUT2D eigenvalue weighted by molar-refractivity contribution is 5.91. The Labute approximate surface area is 175 Å². The van der Waals surface area contributed by atoms with Crippen LogP contribution < -0.4 is 14.9 Å². The SMILES string of the molecule is Cc1ccc(OCC(=O)N/N=C\c2ccc(OC(=O)c3ccccc3)cc2)c(C)c1. The van der Waals surface area contributed by atoms with Crippen molar-refractivity contribution in [3.05, 3.63) is 95.1 Å². The molecule has 3 rings (SSSR count). The molecule has 6 nitrogen and oxygen atoms in total. The summed E-state index contributed by atoms with van der Waals surface area (Å²) in [7, 11) is 0. The number of esters is 1. The van der Waals surface area contributed by atoms with Crippen molar-refractivity contribution in [2.75, 3.05) is 6.61 Å². The highest BCUT2D eigenvalue weighted by atomic mass is 16.5. The topological polar surface area (TPSA) is 77.0 Å². The molecule has 0 heterocycles. The normalized spacial score (nSPS) is 10.6. The fraction of sp³-hybridized carbons (Fsp3) is 0.125. The first-order valence-corrected chi connectivity index (χ1v) is 9.40. The van der Waals surface area contributed by atoms with Crippen LogP contribution in [0.4, 0.5) is 0 Å². The number of carbonyl (C=O) groups excluding carboxylic acids is 2. The van der Waals surface area contributed by atoms with E-state index in [1.54, 1.807) is 48.5 Å². The lowest BCUT2D eigenvalue weighted by Crippen LogP contribution is -2.24. The van der Waals surface area contributed by atoms with Gasteiger partial charge < -0.3 is 9.47 Å². The number of hydrogen-bond donors (Lipinski definition) is 1. The molecule has 0 aliphatic rings. The van der Waals surface area contributed by atoms with Crippen molar-refractivity contribution in [3.63, 3.8) is 0 Å². The van der Waals surface area contributed by atoms with Crippen LogP contribution >= 0.6 is 0 Å². The summed E-state index contributed by atoms with van der Waals surface area (Å²) in [5.74, 6) is 0.306. The zero-order valence-corrected chi connectivity index (χ0v) is 16.8. The fourth-order valence-corrected chi connectivity index (χ4v) is 2.68. The molecule has 0 unspecified atom stereocenters. The number of benzene rings is 3. The van der Waals surface area contributed by atoms with Gasteiger partial charge in [-0.05, 0) is 67.4 Å². The summed E-state index contributed by atoms with van der Waals surface area (Å²) in [5.41, 5.74) is 5.75. The Kier molecular flexibility index (Phi) is 6.95. The van der Waals surface area contributed by atoms with Gasteiger partial charge in [-0.1, -0.05) is 35.9 Å². The molecule has 152 valence electrons. The van der Waals surface area contributed by atoms with Gasteiger partial charge in [0.25, 0.3) is 5.91 Å². The maximum absolute atomic E-state index is 12.0. The molecular formula is C24H22N2O4. The Morgan fingerprint density at radius 1 is 0.967 bits per heavy atom. The second-order valence-electron chi connectivity index (χ2n) is 6.68. The van der Waals surface area contributed by atoms with E-state index in [0.29, 0.717) is 17.1 Å². The van der Waals surface area contributed by atoms with Gasteiger partial charge in [0, 0.05) is 0 Å². The molecule has 0 radical (unpaired) electrons. The van der Waals surface area contributed by atoms with Crippen LogP contribution in [0.3, 0.4) is 0 Å². The lowest BCUT2D eigenvalue weighted by molar-refractivity contribution is -0.123. The Hall–Kier alpha value is -3.93. The third-order valence-electron chi connectivity index (χ3n) is 4.19. The van der Waals surface area contributed by atoms with E-state index in [2.05, 4.69) is 10.5 Å². The molecule has 30 heavy (non-hydrogen) atoms. The minimum atomic E-state index is -0.423. The van der Waals surface area contributed by atoms with E-state index in [1.165, 1.54) is 6.21 Å². The van der Waals surface area contributed by atoms with Gasteiger partial charge in [0.05, 0.1) is 11.8 Å². The van der Waals surface area contributed by atoms with Crippen molar-refractivity contribution in [2.45, 2.75) is 13.8 Å². The Morgan fingerprint density at radius 2 is 1.70 bits per heavy atom. The summed E-state index contributed by atoms with van der Waals surface area (Å²) in [5, 5.41) is 3.92. The molecule has 1 N–H and O–H groups in total. The standard InChI is InChI=1S/C24H22N2O4/c1-17-8-13-22(18(2)14-17)29-16-23(27)26-25-15-19-9-11-21(12-10-19)30-24(28)20-6-4-3-5-7-20/h3-15H,16H2,1-2H3,(H,26,27)/b25-15-. The monoisotopic (exact) mass is 402 g/mol. The van der Waals surface area contributed by atoms with E-state index in [-0.39, 0.29) is 12.5 Å². The second kappa shape index (κ2) is 10.0. The quantitative estimate of drug-likeness (QED) is 0.280. The molecule has 3 aromatic carbocycles. The van der Waals surface area contributed by atoms with Crippen molar-refractivity contribution < 1.29 is 19.1 Å². The van der Waals surface area contributed by atoms with E-state index in [1.807, 2.05) is 38.1 Å². The van der Waals surface area contributed by atoms with Crippen LogP contribution in [0.15, 0.2) is 77.9 Å². The van der Waals surface area contributed by atoms with E-state index in [0.717, 1.165) is 16.7 Å². The number of nitrogens with zero attached hydrogens (tertiary/aromatic N) is 1. The first kappa shape index (κ1) is 20.8. The summed E-state index contributed by atoms with van der Waals surface area (Å²) in [6.07, 6.45) is 1.50. The Bertz CT molecular complexity index is 1040. The van der Waals surface area contributed by atoms with Gasteiger partial charge >= 0.3 is 5.97 Å². The first-order valence-electron chi connectivity index (χ1n) is 9.40. The first-order chi connectivity index (χ1) is 14.5. The number of rotatable bonds is 7. The van der Waals surface area contributed by atoms with Crippen LogP contribution in [0.2, 0.25) is 0 Å². The molecule has 0 fully saturated rings. The maximum atomic E-state index is 12.0. The average molecular weight is 402 g/mol. The van der Waals surface area contributed by atoms with Crippen LogP contribution in [0.1, 0.15) is 27.0 Å². The largest absolute Gasteiger partial charge is 0.483 e. The molecule has 1 amide bonds. The van der Waals surface area contributed by atoms with E-state index in [9.17, 15) is 9.59 Å². The summed E-state index contributed by atoms with van der Waals surface area (Å²) in [6.45, 7) is 3.80. The van der Waals surface area contributed by atoms with Crippen LogP contribution in [-0.4, -0.2) is 24.7 Å². The van der Waals surface area contributed by atoms with Gasteiger partial charge in [0.15, 0.2) is 6.61 Å². The fourth-order valence-electron chi connectivity index (χ4n) is 2.68. The van der Waals surface area contributed by atoms with Crippen LogP contribution in [0.25, 0.3) is 0 Å². The Balaban J connectivity index is 1.46. The summed E-state index contributed by atoms with van der Waals surface area (Å²) in [6, 6.07) is 21.3. The van der Waals surface area contributed by atoms with Gasteiger partial charge in [0.2, 0.25) is 0 Å². The predicted molar refractivity (Wildman–Crippen MR) is 115 cm³/mol. The molecule has 6 heteroatoms. The molecule has 3 aromatic rings. The van der Waals surface area contributed by atoms with Crippen molar-refractivity contribution in [1.29, 1.82) is 0 Å². The predicted octanol–water partition coefficient (Wildman–Crippen LogP) is 4.05. The molecule has 0 aromatic heterocycles. The lowest BCUT2D eigenvalue weighted by atomic mass is 10.1. The smallest absolute Gasteiger partial charge is 0.343 e. The number of hydrogen-bond acceptors (Lipinski definition) is 5. The number of hydrazone groups is 1. The third kappa shape index (κ3) is 6.04. The van der Waals surface area contributed by atoms with Gasteiger partial charge in [-0.2, -0.15) is 5.10 Å². The van der Waals surface area contributed by atoms with Crippen LogP contribution in [-0.2, 0) is 4.79 Å². The van der Waals surface area contributed by atoms with E-state index >= 15 is 0 Å². The number of nitrogens with one attached hydrogen (secondary N) is 1. The van der Waals surface area contributed by atoms with Gasteiger partial charge in [-0.15, -0.1) is 0 Å². The molecule has 0 spiro atoms. The van der Waals surface area contributed by atoms with Crippen molar-refractivity contribution in [1.82, 2.24) is 5.43 Å².